The first-order valence-electron chi connectivity index (χ1n) is 11.7. The zero-order chi connectivity index (χ0) is 25.4. The smallest absolute Gasteiger partial charge is 0.265 e. The van der Waals surface area contributed by atoms with E-state index in [0.717, 1.165) is 30.2 Å². The van der Waals surface area contributed by atoms with Gasteiger partial charge < -0.3 is 15.0 Å². The Hall–Kier alpha value is -3.49. The number of hydrogen-bond acceptors (Lipinski definition) is 4. The molecule has 0 spiro atoms. The normalized spacial score (nSPS) is 15.4. The molecule has 0 saturated carbocycles. The third-order valence-electron chi connectivity index (χ3n) is 6.53. The van der Waals surface area contributed by atoms with Crippen LogP contribution in [0.4, 0.5) is 11.4 Å². The van der Waals surface area contributed by atoms with Gasteiger partial charge in [-0.1, -0.05) is 30.7 Å². The summed E-state index contributed by atoms with van der Waals surface area (Å²) in [5.41, 5.74) is 4.61. The van der Waals surface area contributed by atoms with Gasteiger partial charge in [-0.25, -0.2) is 8.42 Å². The Labute approximate surface area is 214 Å². The summed E-state index contributed by atoms with van der Waals surface area (Å²) < 4.78 is 34.1. The molecule has 4 aromatic rings. The molecule has 1 aromatic heterocycles. The van der Waals surface area contributed by atoms with Gasteiger partial charge in [0.1, 0.15) is 10.6 Å². The molecule has 0 fully saturated rings. The molecule has 1 aliphatic carbocycles. The number of fused-ring (bicyclic) bond motifs is 3. The Morgan fingerprint density at radius 1 is 1.11 bits per heavy atom. The van der Waals surface area contributed by atoms with Gasteiger partial charge >= 0.3 is 0 Å². The van der Waals surface area contributed by atoms with Crippen LogP contribution in [-0.2, 0) is 22.9 Å². The van der Waals surface area contributed by atoms with Crippen LogP contribution in [0.1, 0.15) is 35.0 Å². The fourth-order valence-corrected chi connectivity index (χ4v) is 6.16. The summed E-state index contributed by atoms with van der Waals surface area (Å²) in [6.45, 7) is 2.24. The van der Waals surface area contributed by atoms with Crippen LogP contribution in [0, 0.1) is 5.92 Å². The molecule has 1 amide bonds. The number of carbonyl (C=O) groups is 1. The number of H-pyrrole nitrogens is 1. The number of hydrogen-bond donors (Lipinski definition) is 3. The monoisotopic (exact) mass is 523 g/mol. The van der Waals surface area contributed by atoms with Crippen LogP contribution in [-0.4, -0.2) is 26.4 Å². The molecule has 0 aliphatic heterocycles. The number of nitrogens with one attached hydrogen (secondary N) is 3. The molecule has 1 atom stereocenters. The number of aryl methyl sites for hydroxylation is 1. The number of aromatic amines is 1. The standard InChI is InChI=1S/C27H26ClN3O4S/c1-16-7-10-22-19(13-16)20-14-17(8-11-23(20)30-22)27(32)29-18-9-12-25(35-2)26(15-18)36(33,34)31-24-6-4-3-5-21(24)28/h3-6,8-9,11-12,14-16,30-31H,7,10,13H2,1-2H3,(H,29,32)/t16-/m1/s1. The second-order valence-electron chi connectivity index (χ2n) is 9.10. The minimum Gasteiger partial charge on any atom is -0.495 e. The fraction of sp³-hybridized carbons (Fsp3) is 0.222. The number of methoxy groups -OCH3 is 1. The quantitative estimate of drug-likeness (QED) is 0.288. The molecule has 5 rings (SSSR count). The predicted octanol–water partition coefficient (Wildman–Crippen LogP) is 6.01. The van der Waals surface area contributed by atoms with Crippen molar-refractivity contribution in [2.45, 2.75) is 31.1 Å². The van der Waals surface area contributed by atoms with E-state index in [-0.39, 0.29) is 27.3 Å². The highest BCUT2D eigenvalue weighted by Gasteiger charge is 2.23. The number of sulfonamides is 1. The van der Waals surface area contributed by atoms with E-state index in [1.807, 2.05) is 12.1 Å². The van der Waals surface area contributed by atoms with E-state index in [1.165, 1.54) is 30.5 Å². The Morgan fingerprint density at radius 3 is 2.69 bits per heavy atom. The topological polar surface area (TPSA) is 100 Å². The average Bonchev–Trinajstić information content (AvgIpc) is 3.22. The van der Waals surface area contributed by atoms with Crippen LogP contribution < -0.4 is 14.8 Å². The Bertz CT molecular complexity index is 1580. The minimum absolute atomic E-state index is 0.119. The largest absolute Gasteiger partial charge is 0.495 e. The van der Waals surface area contributed by atoms with Gasteiger partial charge in [-0.2, -0.15) is 0 Å². The van der Waals surface area contributed by atoms with Gasteiger partial charge in [-0.15, -0.1) is 0 Å². The minimum atomic E-state index is -4.05. The van der Waals surface area contributed by atoms with Gasteiger partial charge in [0.05, 0.1) is 17.8 Å². The summed E-state index contributed by atoms with van der Waals surface area (Å²) in [7, 11) is -2.67. The summed E-state index contributed by atoms with van der Waals surface area (Å²) in [5.74, 6) is 0.415. The van der Waals surface area contributed by atoms with E-state index in [4.69, 9.17) is 16.3 Å². The lowest BCUT2D eigenvalue weighted by Gasteiger charge is -2.18. The van der Waals surface area contributed by atoms with Crippen molar-refractivity contribution in [3.8, 4) is 5.75 Å². The molecular weight excluding hydrogens is 498 g/mol. The van der Waals surface area contributed by atoms with Crippen molar-refractivity contribution in [1.29, 1.82) is 0 Å². The van der Waals surface area contributed by atoms with Crippen molar-refractivity contribution in [2.75, 3.05) is 17.1 Å². The van der Waals surface area contributed by atoms with E-state index >= 15 is 0 Å². The maximum Gasteiger partial charge on any atom is 0.265 e. The first kappa shape index (κ1) is 24.2. The van der Waals surface area contributed by atoms with Crippen molar-refractivity contribution in [2.24, 2.45) is 5.92 Å². The first-order chi connectivity index (χ1) is 17.2. The third-order valence-corrected chi connectivity index (χ3v) is 8.24. The second-order valence-corrected chi connectivity index (χ2v) is 11.2. The highest BCUT2D eigenvalue weighted by Crippen LogP contribution is 2.33. The molecule has 7 nitrogen and oxygen atoms in total. The number of para-hydroxylation sites is 1. The van der Waals surface area contributed by atoms with Crippen LogP contribution >= 0.6 is 11.6 Å². The maximum absolute atomic E-state index is 13.2. The van der Waals surface area contributed by atoms with E-state index in [1.54, 1.807) is 36.4 Å². The maximum atomic E-state index is 13.2. The molecule has 3 N–H and O–H groups in total. The number of halogens is 1. The third kappa shape index (κ3) is 4.66. The van der Waals surface area contributed by atoms with Gasteiger partial charge in [0.25, 0.3) is 15.9 Å². The summed E-state index contributed by atoms with van der Waals surface area (Å²) in [5, 5.41) is 4.15. The lowest BCUT2D eigenvalue weighted by atomic mass is 9.87. The number of benzene rings is 3. The molecule has 0 radical (unpaired) electrons. The average molecular weight is 524 g/mol. The number of ether oxygens (including phenoxy) is 1. The Kier molecular flexibility index (Phi) is 6.40. The SMILES string of the molecule is COc1ccc(NC(=O)c2ccc3[nH]c4c(c3c2)C[C@H](C)CC4)cc1S(=O)(=O)Nc1ccccc1Cl. The molecule has 36 heavy (non-hydrogen) atoms. The van der Waals surface area contributed by atoms with Crippen LogP contribution in [0.15, 0.2) is 65.6 Å². The van der Waals surface area contributed by atoms with Crippen LogP contribution in [0.5, 0.6) is 5.75 Å². The van der Waals surface area contributed by atoms with Crippen LogP contribution in [0.2, 0.25) is 5.02 Å². The lowest BCUT2D eigenvalue weighted by Crippen LogP contribution is -2.16. The molecule has 3 aromatic carbocycles. The van der Waals surface area contributed by atoms with Gasteiger partial charge in [0.2, 0.25) is 0 Å². The van der Waals surface area contributed by atoms with Crippen molar-refractivity contribution < 1.29 is 17.9 Å². The molecule has 1 heterocycles. The van der Waals surface area contributed by atoms with E-state index in [9.17, 15) is 13.2 Å². The van der Waals surface area contributed by atoms with Crippen LogP contribution in [0.25, 0.3) is 10.9 Å². The number of aromatic nitrogens is 1. The predicted molar refractivity (Wildman–Crippen MR) is 143 cm³/mol. The van der Waals surface area contributed by atoms with E-state index in [0.29, 0.717) is 17.2 Å². The van der Waals surface area contributed by atoms with Crippen molar-refractivity contribution in [3.63, 3.8) is 0 Å². The second kappa shape index (κ2) is 9.52. The molecule has 1 aliphatic rings. The molecule has 0 bridgehead atoms. The zero-order valence-corrected chi connectivity index (χ0v) is 21.5. The zero-order valence-electron chi connectivity index (χ0n) is 19.9. The van der Waals surface area contributed by atoms with Crippen molar-refractivity contribution in [3.05, 3.63) is 82.5 Å². The molecule has 186 valence electrons. The fourth-order valence-electron chi connectivity index (χ4n) is 4.64. The van der Waals surface area contributed by atoms with Gasteiger partial charge in [-0.3, -0.25) is 9.52 Å². The summed E-state index contributed by atoms with van der Waals surface area (Å²) in [6, 6.07) is 16.6. The van der Waals surface area contributed by atoms with E-state index in [2.05, 4.69) is 21.9 Å². The summed E-state index contributed by atoms with van der Waals surface area (Å²) in [6.07, 6.45) is 3.15. The molecular formula is C27H26ClN3O4S. The molecule has 0 unspecified atom stereocenters. The first-order valence-corrected chi connectivity index (χ1v) is 13.5. The number of carbonyl (C=O) groups excluding carboxylic acids is 1. The van der Waals surface area contributed by atoms with Gasteiger partial charge in [-0.05, 0) is 79.3 Å². The number of amides is 1. The highest BCUT2D eigenvalue weighted by atomic mass is 35.5. The molecule has 0 saturated heterocycles. The Morgan fingerprint density at radius 2 is 1.92 bits per heavy atom. The Balaban J connectivity index is 1.43. The highest BCUT2D eigenvalue weighted by molar-refractivity contribution is 7.92. The number of rotatable bonds is 6. The molecule has 9 heteroatoms. The van der Waals surface area contributed by atoms with Crippen molar-refractivity contribution in [1.82, 2.24) is 4.98 Å². The van der Waals surface area contributed by atoms with Crippen molar-refractivity contribution >= 4 is 49.8 Å². The summed E-state index contributed by atoms with van der Waals surface area (Å²) >= 11 is 6.13. The van der Waals surface area contributed by atoms with E-state index < -0.39 is 10.0 Å². The number of anilines is 2. The summed E-state index contributed by atoms with van der Waals surface area (Å²) in [4.78, 5) is 16.5. The van der Waals surface area contributed by atoms with Gasteiger partial charge in [0, 0.05) is 27.8 Å². The van der Waals surface area contributed by atoms with Gasteiger partial charge in [0.15, 0.2) is 0 Å². The lowest BCUT2D eigenvalue weighted by molar-refractivity contribution is 0.102. The van der Waals surface area contributed by atoms with Crippen LogP contribution in [0.3, 0.4) is 0 Å².